The Morgan fingerprint density at radius 3 is 2.23 bits per heavy atom. The maximum atomic E-state index is 12.8. The fourth-order valence-corrected chi connectivity index (χ4v) is 1.15. The summed E-state index contributed by atoms with van der Waals surface area (Å²) < 4.78 is 49.3. The Bertz CT molecular complexity index is 330. The molecular weight excluding hydrogens is 208 g/mol. The molecule has 5 heteroatoms. The van der Waals surface area contributed by atoms with E-state index in [9.17, 15) is 17.6 Å². The van der Waals surface area contributed by atoms with Gasteiger partial charge in [-0.1, -0.05) is 11.6 Å². The number of benzene rings is 1. The third-order valence-corrected chi connectivity index (χ3v) is 1.83. The van der Waals surface area contributed by atoms with Crippen LogP contribution < -0.4 is 0 Å². The van der Waals surface area contributed by atoms with E-state index in [1.54, 1.807) is 0 Å². The summed E-state index contributed by atoms with van der Waals surface area (Å²) in [4.78, 5) is 0. The molecule has 0 nitrogen and oxygen atoms in total. The Hall–Kier alpha value is -0.770. The van der Waals surface area contributed by atoms with Gasteiger partial charge in [-0.15, -0.1) is 0 Å². The molecule has 13 heavy (non-hydrogen) atoms. The molecule has 0 unspecified atom stereocenters. The zero-order valence-electron chi connectivity index (χ0n) is 6.54. The van der Waals surface area contributed by atoms with Crippen molar-refractivity contribution in [3.63, 3.8) is 0 Å². The highest BCUT2D eigenvalue weighted by Crippen LogP contribution is 2.34. The number of rotatable bonds is 0. The molecule has 1 rings (SSSR count). The third-order valence-electron chi connectivity index (χ3n) is 1.61. The summed E-state index contributed by atoms with van der Waals surface area (Å²) in [7, 11) is 0. The highest BCUT2D eigenvalue weighted by Gasteiger charge is 2.33. The zero-order chi connectivity index (χ0) is 10.2. The van der Waals surface area contributed by atoms with Crippen LogP contribution in [0.1, 0.15) is 11.1 Å². The van der Waals surface area contributed by atoms with Crippen molar-refractivity contribution in [2.24, 2.45) is 0 Å². The van der Waals surface area contributed by atoms with Crippen molar-refractivity contribution in [2.75, 3.05) is 0 Å². The zero-order valence-corrected chi connectivity index (χ0v) is 7.30. The van der Waals surface area contributed by atoms with Gasteiger partial charge in [0.05, 0.1) is 5.56 Å². The predicted octanol–water partition coefficient (Wildman–Crippen LogP) is 3.81. The van der Waals surface area contributed by atoms with E-state index < -0.39 is 23.1 Å². The molecule has 0 bridgehead atoms. The van der Waals surface area contributed by atoms with Crippen LogP contribution in [0.15, 0.2) is 12.1 Å². The van der Waals surface area contributed by atoms with Crippen LogP contribution in [-0.2, 0) is 6.18 Å². The largest absolute Gasteiger partial charge is 0.416 e. The summed E-state index contributed by atoms with van der Waals surface area (Å²) in [5.41, 5.74) is -1.46. The maximum Gasteiger partial charge on any atom is 0.416 e. The molecule has 0 aliphatic carbocycles. The van der Waals surface area contributed by atoms with Crippen LogP contribution in [0.3, 0.4) is 0 Å². The van der Waals surface area contributed by atoms with Gasteiger partial charge in [0.1, 0.15) is 5.82 Å². The molecule has 0 saturated carbocycles. The van der Waals surface area contributed by atoms with Gasteiger partial charge in [0, 0.05) is 5.02 Å². The summed E-state index contributed by atoms with van der Waals surface area (Å²) in [5.74, 6) is -0.945. The monoisotopic (exact) mass is 212 g/mol. The van der Waals surface area contributed by atoms with E-state index in [0.717, 1.165) is 13.0 Å². The van der Waals surface area contributed by atoms with Crippen LogP contribution in [-0.4, -0.2) is 0 Å². The fourth-order valence-electron chi connectivity index (χ4n) is 0.940. The molecular formula is C8H5ClF4. The highest BCUT2D eigenvalue weighted by molar-refractivity contribution is 6.30. The van der Waals surface area contributed by atoms with Gasteiger partial charge in [-0.05, 0) is 24.6 Å². The lowest BCUT2D eigenvalue weighted by Crippen LogP contribution is -2.08. The average molecular weight is 213 g/mol. The van der Waals surface area contributed by atoms with Gasteiger partial charge in [0.15, 0.2) is 0 Å². The number of hydrogen-bond acceptors (Lipinski definition) is 0. The molecule has 1 aromatic rings. The van der Waals surface area contributed by atoms with E-state index >= 15 is 0 Å². The number of alkyl halides is 3. The molecule has 72 valence electrons. The Kier molecular flexibility index (Phi) is 2.52. The van der Waals surface area contributed by atoms with E-state index in [-0.39, 0.29) is 5.02 Å². The minimum atomic E-state index is -4.56. The molecule has 0 spiro atoms. The topological polar surface area (TPSA) is 0 Å². The lowest BCUT2D eigenvalue weighted by atomic mass is 10.1. The molecule has 0 aliphatic heterocycles. The maximum absolute atomic E-state index is 12.8. The molecule has 0 saturated heterocycles. The first-order valence-electron chi connectivity index (χ1n) is 3.35. The van der Waals surface area contributed by atoms with Gasteiger partial charge in [-0.25, -0.2) is 4.39 Å². The standard InChI is InChI=1S/C8H5ClF4/c1-4-6(8(11,12)13)2-5(9)3-7(4)10/h2-3H,1H3. The summed E-state index contributed by atoms with van der Waals surface area (Å²) in [6.45, 7) is 1.06. The van der Waals surface area contributed by atoms with Crippen LogP contribution in [0.25, 0.3) is 0 Å². The van der Waals surface area contributed by atoms with Crippen molar-refractivity contribution in [2.45, 2.75) is 13.1 Å². The molecule has 0 atom stereocenters. The molecule has 0 aliphatic rings. The molecule has 1 aromatic carbocycles. The summed E-state index contributed by atoms with van der Waals surface area (Å²) >= 11 is 5.29. The van der Waals surface area contributed by atoms with Crippen molar-refractivity contribution in [1.82, 2.24) is 0 Å². The lowest BCUT2D eigenvalue weighted by molar-refractivity contribution is -0.138. The second-order valence-electron chi connectivity index (χ2n) is 2.56. The van der Waals surface area contributed by atoms with Crippen LogP contribution in [0.4, 0.5) is 17.6 Å². The number of hydrogen-bond donors (Lipinski definition) is 0. The molecule has 0 radical (unpaired) electrons. The normalized spacial score (nSPS) is 11.8. The first-order valence-corrected chi connectivity index (χ1v) is 3.73. The van der Waals surface area contributed by atoms with E-state index in [1.165, 1.54) is 0 Å². The Labute approximate surface area is 77.1 Å². The van der Waals surface area contributed by atoms with Crippen LogP contribution in [0.5, 0.6) is 0 Å². The second kappa shape index (κ2) is 3.18. The van der Waals surface area contributed by atoms with Gasteiger partial charge < -0.3 is 0 Å². The van der Waals surface area contributed by atoms with Gasteiger partial charge in [-0.3, -0.25) is 0 Å². The Morgan fingerprint density at radius 2 is 1.77 bits per heavy atom. The molecule has 0 N–H and O–H groups in total. The smallest absolute Gasteiger partial charge is 0.207 e. The Balaban J connectivity index is 3.37. The third kappa shape index (κ3) is 2.12. The van der Waals surface area contributed by atoms with Crippen molar-refractivity contribution in [1.29, 1.82) is 0 Å². The highest BCUT2D eigenvalue weighted by atomic mass is 35.5. The second-order valence-corrected chi connectivity index (χ2v) is 2.99. The van der Waals surface area contributed by atoms with Crippen molar-refractivity contribution in [3.8, 4) is 0 Å². The van der Waals surface area contributed by atoms with E-state index in [4.69, 9.17) is 11.6 Å². The molecule has 0 heterocycles. The first-order chi connectivity index (χ1) is 5.82. The minimum Gasteiger partial charge on any atom is -0.207 e. The van der Waals surface area contributed by atoms with Crippen molar-refractivity contribution in [3.05, 3.63) is 34.1 Å². The summed E-state index contributed by atoms with van der Waals surface area (Å²) in [5, 5.41) is -0.254. The molecule has 0 amide bonds. The Morgan fingerprint density at radius 1 is 1.23 bits per heavy atom. The van der Waals surface area contributed by atoms with Gasteiger partial charge in [0.25, 0.3) is 0 Å². The first kappa shape index (κ1) is 10.3. The van der Waals surface area contributed by atoms with Crippen molar-refractivity contribution >= 4 is 11.6 Å². The van der Waals surface area contributed by atoms with Gasteiger partial charge >= 0.3 is 6.18 Å². The number of halogens is 5. The average Bonchev–Trinajstić information content (AvgIpc) is 1.94. The minimum absolute atomic E-state index is 0.254. The van der Waals surface area contributed by atoms with Gasteiger partial charge in [-0.2, -0.15) is 13.2 Å². The van der Waals surface area contributed by atoms with Crippen LogP contribution in [0.2, 0.25) is 5.02 Å². The fraction of sp³-hybridized carbons (Fsp3) is 0.250. The van der Waals surface area contributed by atoms with E-state index in [1.807, 2.05) is 0 Å². The molecule has 0 aromatic heterocycles. The summed E-state index contributed by atoms with van der Waals surface area (Å²) in [6.07, 6.45) is -4.56. The summed E-state index contributed by atoms with van der Waals surface area (Å²) in [6, 6.07) is 1.56. The van der Waals surface area contributed by atoms with Crippen molar-refractivity contribution < 1.29 is 17.6 Å². The van der Waals surface area contributed by atoms with E-state index in [2.05, 4.69) is 0 Å². The lowest BCUT2D eigenvalue weighted by Gasteiger charge is -2.10. The SMILES string of the molecule is Cc1c(F)cc(Cl)cc1C(F)(F)F. The quantitative estimate of drug-likeness (QED) is 0.574. The molecule has 0 fully saturated rings. The van der Waals surface area contributed by atoms with Crippen LogP contribution >= 0.6 is 11.6 Å². The van der Waals surface area contributed by atoms with Crippen LogP contribution in [0, 0.1) is 12.7 Å². The predicted molar refractivity (Wildman–Crippen MR) is 41.1 cm³/mol. The van der Waals surface area contributed by atoms with E-state index in [0.29, 0.717) is 6.07 Å². The van der Waals surface area contributed by atoms with Gasteiger partial charge in [0.2, 0.25) is 0 Å².